The third-order valence-electron chi connectivity index (χ3n) is 10.1. The number of carbonyl (C=O) groups excluding carboxylic acids is 4. The zero-order valence-corrected chi connectivity index (χ0v) is 30.4. The van der Waals surface area contributed by atoms with Crippen LogP contribution in [0.5, 0.6) is 0 Å². The smallest absolute Gasteiger partial charge is 0.407 e. The number of hydrogen-bond donors (Lipinski definition) is 5. The Morgan fingerprint density at radius 1 is 0.625 bits per heavy atom. The van der Waals surface area contributed by atoms with Crippen molar-refractivity contribution >= 4 is 23.8 Å². The molecule has 1 unspecified atom stereocenters. The van der Waals surface area contributed by atoms with Gasteiger partial charge in [-0.05, 0) is 56.6 Å². The molecule has 6 aromatic carbocycles. The van der Waals surface area contributed by atoms with Gasteiger partial charge < -0.3 is 20.7 Å². The number of amides is 4. The zero-order valence-electron chi connectivity index (χ0n) is 30.4. The van der Waals surface area contributed by atoms with Gasteiger partial charge in [0.1, 0.15) is 18.2 Å². The number of benzene rings is 6. The van der Waals surface area contributed by atoms with E-state index in [9.17, 15) is 19.2 Å². The monoisotopic (exact) mass is 744 g/mol. The second-order valence-corrected chi connectivity index (χ2v) is 13.5. The van der Waals surface area contributed by atoms with Crippen LogP contribution in [0, 0.1) is 0 Å². The van der Waals surface area contributed by atoms with Gasteiger partial charge in [0.15, 0.2) is 0 Å². The van der Waals surface area contributed by atoms with Crippen molar-refractivity contribution in [2.24, 2.45) is 0 Å². The number of hydroxylamine groups is 1. The molecule has 1 aliphatic rings. The largest absolute Gasteiger partial charge is 0.449 e. The number of carbonyl (C=O) groups is 4. The van der Waals surface area contributed by atoms with E-state index in [1.165, 1.54) is 12.1 Å². The highest BCUT2D eigenvalue weighted by atomic mass is 16.5. The Morgan fingerprint density at radius 3 is 1.61 bits per heavy atom. The molecule has 0 spiro atoms. The maximum absolute atomic E-state index is 14.4. The molecule has 0 fully saturated rings. The molecule has 0 saturated carbocycles. The summed E-state index contributed by atoms with van der Waals surface area (Å²) in [5.41, 5.74) is 7.96. The molecule has 280 valence electrons. The molecule has 4 amide bonds. The molecule has 56 heavy (non-hydrogen) atoms. The van der Waals surface area contributed by atoms with Gasteiger partial charge in [-0.15, -0.1) is 0 Å². The second-order valence-electron chi connectivity index (χ2n) is 13.5. The number of rotatable bonds is 13. The first-order valence-corrected chi connectivity index (χ1v) is 18.3. The number of nitrogens with one attached hydrogen (secondary N) is 4. The maximum Gasteiger partial charge on any atom is 0.407 e. The lowest BCUT2D eigenvalue weighted by Crippen LogP contribution is -2.53. The quantitative estimate of drug-likeness (QED) is 0.0498. The zero-order chi connectivity index (χ0) is 38.9. The fourth-order valence-electron chi connectivity index (χ4n) is 7.37. The molecule has 0 aliphatic heterocycles. The average molecular weight is 745 g/mol. The predicted octanol–water partition coefficient (Wildman–Crippen LogP) is 6.83. The molecule has 0 saturated heterocycles. The van der Waals surface area contributed by atoms with Crippen molar-refractivity contribution in [3.05, 3.63) is 203 Å². The Kier molecular flexibility index (Phi) is 11.3. The Labute approximate surface area is 324 Å². The lowest BCUT2D eigenvalue weighted by atomic mass is 9.77. The van der Waals surface area contributed by atoms with E-state index in [0.717, 1.165) is 38.9 Å². The van der Waals surface area contributed by atoms with Gasteiger partial charge >= 0.3 is 6.09 Å². The molecule has 6 aromatic rings. The van der Waals surface area contributed by atoms with Crippen molar-refractivity contribution in [3.8, 4) is 11.1 Å². The molecule has 10 nitrogen and oxygen atoms in total. The molecular formula is C46H40N4O6. The van der Waals surface area contributed by atoms with Gasteiger partial charge in [-0.3, -0.25) is 19.6 Å². The Morgan fingerprint density at radius 2 is 1.11 bits per heavy atom. The topological polar surface area (TPSA) is 146 Å². The summed E-state index contributed by atoms with van der Waals surface area (Å²) in [5, 5.41) is 17.7. The van der Waals surface area contributed by atoms with E-state index in [4.69, 9.17) is 9.94 Å². The van der Waals surface area contributed by atoms with E-state index >= 15 is 0 Å². The van der Waals surface area contributed by atoms with E-state index in [0.29, 0.717) is 5.56 Å². The molecule has 7 rings (SSSR count). The third kappa shape index (κ3) is 7.91. The molecule has 0 heterocycles. The van der Waals surface area contributed by atoms with Crippen LogP contribution >= 0.6 is 0 Å². The van der Waals surface area contributed by atoms with Crippen LogP contribution in [0.1, 0.15) is 56.1 Å². The summed E-state index contributed by atoms with van der Waals surface area (Å²) < 4.78 is 5.80. The van der Waals surface area contributed by atoms with Gasteiger partial charge in [0.05, 0.1) is 6.42 Å². The van der Waals surface area contributed by atoms with Crippen molar-refractivity contribution in [2.45, 2.75) is 30.5 Å². The minimum Gasteiger partial charge on any atom is -0.449 e. The first-order valence-electron chi connectivity index (χ1n) is 18.3. The van der Waals surface area contributed by atoms with Crippen LogP contribution in [-0.4, -0.2) is 41.7 Å². The van der Waals surface area contributed by atoms with Crippen LogP contribution in [-0.2, 0) is 26.4 Å². The number of ether oxygens (including phenoxy) is 1. The minimum absolute atomic E-state index is 0.0211. The van der Waals surface area contributed by atoms with Gasteiger partial charge in [0, 0.05) is 18.0 Å². The van der Waals surface area contributed by atoms with E-state index < -0.39 is 41.8 Å². The van der Waals surface area contributed by atoms with E-state index in [2.05, 4.69) is 16.0 Å². The van der Waals surface area contributed by atoms with Crippen molar-refractivity contribution in [2.75, 3.05) is 6.61 Å². The Hall–Kier alpha value is -7.04. The molecule has 0 aromatic heterocycles. The summed E-state index contributed by atoms with van der Waals surface area (Å²) in [6, 6.07) is 49.7. The summed E-state index contributed by atoms with van der Waals surface area (Å²) in [4.78, 5) is 53.7. The summed E-state index contributed by atoms with van der Waals surface area (Å²) in [7, 11) is 0. The van der Waals surface area contributed by atoms with Gasteiger partial charge in [-0.25, -0.2) is 10.3 Å². The van der Waals surface area contributed by atoms with Crippen LogP contribution in [0.15, 0.2) is 164 Å². The summed E-state index contributed by atoms with van der Waals surface area (Å²) in [6.45, 7) is 0.0552. The van der Waals surface area contributed by atoms with Crippen LogP contribution in [0.4, 0.5) is 4.79 Å². The lowest BCUT2D eigenvalue weighted by Gasteiger charge is -2.37. The van der Waals surface area contributed by atoms with Crippen LogP contribution in [0.25, 0.3) is 11.1 Å². The van der Waals surface area contributed by atoms with E-state index in [1.54, 1.807) is 17.6 Å². The number of alkyl carbamates (subject to hydrolysis) is 1. The fourth-order valence-corrected chi connectivity index (χ4v) is 7.37. The Balaban J connectivity index is 1.14. The number of hydrogen-bond acceptors (Lipinski definition) is 6. The minimum atomic E-state index is -1.33. The molecule has 1 atom stereocenters. The predicted molar refractivity (Wildman–Crippen MR) is 212 cm³/mol. The molecule has 5 N–H and O–H groups in total. The lowest BCUT2D eigenvalue weighted by molar-refractivity contribution is -0.129. The first-order chi connectivity index (χ1) is 27.4. The summed E-state index contributed by atoms with van der Waals surface area (Å²) >= 11 is 0. The van der Waals surface area contributed by atoms with Crippen molar-refractivity contribution in [1.29, 1.82) is 0 Å². The number of fused-ring (bicyclic) bond motifs is 3. The highest BCUT2D eigenvalue weighted by Gasteiger charge is 2.39. The third-order valence-corrected chi connectivity index (χ3v) is 10.1. The van der Waals surface area contributed by atoms with Crippen LogP contribution < -0.4 is 21.4 Å². The van der Waals surface area contributed by atoms with Gasteiger partial charge in [-0.2, -0.15) is 0 Å². The standard InChI is InChI=1S/C46H40N4O6/c51-42(49-46(33-14-4-1-5-15-33,34-16-6-2-7-17-34)35-18-8-3-9-19-35)28-41(44(53)47-29-31-24-26-32(27-25-31)43(52)50-55)48-45(54)56-30-40-38-22-12-10-20-36(38)37-21-11-13-23-39(37)40/h1-27,40-41,55H,28-30H2,(H,47,53)(H,48,54)(H,49,51)(H,50,52). The normalized spacial score (nSPS) is 12.4. The van der Waals surface area contributed by atoms with Gasteiger partial charge in [0.2, 0.25) is 11.8 Å². The van der Waals surface area contributed by atoms with Crippen LogP contribution in [0.2, 0.25) is 0 Å². The Bertz CT molecular complexity index is 2180. The van der Waals surface area contributed by atoms with Crippen molar-refractivity contribution in [3.63, 3.8) is 0 Å². The highest BCUT2D eigenvalue weighted by molar-refractivity contribution is 5.93. The van der Waals surface area contributed by atoms with E-state index in [-0.39, 0.29) is 24.6 Å². The van der Waals surface area contributed by atoms with Crippen LogP contribution in [0.3, 0.4) is 0 Å². The second kappa shape index (κ2) is 17.0. The molecule has 1 aliphatic carbocycles. The SMILES string of the molecule is O=C(CC(NC(=O)OCC1c2ccccc2-c2ccccc21)C(=O)NCc1ccc(C(=O)NO)cc1)NC(c1ccccc1)(c1ccccc1)c1ccccc1. The first kappa shape index (κ1) is 37.3. The summed E-state index contributed by atoms with van der Waals surface area (Å²) in [5.74, 6) is -1.99. The summed E-state index contributed by atoms with van der Waals surface area (Å²) in [6.07, 6.45) is -1.26. The molecule has 0 radical (unpaired) electrons. The van der Waals surface area contributed by atoms with Gasteiger partial charge in [0.25, 0.3) is 5.91 Å². The molecule has 0 bridgehead atoms. The fraction of sp³-hybridized carbons (Fsp3) is 0.130. The average Bonchev–Trinajstić information content (AvgIpc) is 3.58. The van der Waals surface area contributed by atoms with E-state index in [1.807, 2.05) is 140 Å². The highest BCUT2D eigenvalue weighted by Crippen LogP contribution is 2.44. The van der Waals surface area contributed by atoms with Crippen molar-refractivity contribution < 1.29 is 29.1 Å². The molecule has 10 heteroatoms. The maximum atomic E-state index is 14.4. The van der Waals surface area contributed by atoms with Crippen molar-refractivity contribution in [1.82, 2.24) is 21.4 Å². The molecular weight excluding hydrogens is 705 g/mol. The van der Waals surface area contributed by atoms with Gasteiger partial charge in [-0.1, -0.05) is 152 Å².